The Morgan fingerprint density at radius 3 is 2.30 bits per heavy atom. The standard InChI is InChI=1S/C13H7ClF3N3/c14-10-6-5-9-12(19-10)20-11(18-9)7-1-3-8(4-2-7)13(15,16)17/h1-6H,(H,18,19,20). The fraction of sp³-hybridized carbons (Fsp3) is 0.0769. The number of halogens is 4. The summed E-state index contributed by atoms with van der Waals surface area (Å²) in [4.78, 5) is 11.2. The van der Waals surface area contributed by atoms with Gasteiger partial charge in [0, 0.05) is 5.56 Å². The third-order valence-corrected chi connectivity index (χ3v) is 3.01. The van der Waals surface area contributed by atoms with Crippen LogP contribution in [0.1, 0.15) is 5.56 Å². The van der Waals surface area contributed by atoms with Gasteiger partial charge in [-0.15, -0.1) is 0 Å². The first-order valence-electron chi connectivity index (χ1n) is 5.63. The Bertz CT molecular complexity index is 763. The number of aromatic amines is 1. The van der Waals surface area contributed by atoms with Crippen LogP contribution >= 0.6 is 11.6 Å². The number of aromatic nitrogens is 3. The predicted octanol–water partition coefficient (Wildman–Crippen LogP) is 4.30. The molecule has 0 saturated heterocycles. The Kier molecular flexibility index (Phi) is 2.90. The van der Waals surface area contributed by atoms with Crippen molar-refractivity contribution in [3.63, 3.8) is 0 Å². The molecule has 3 rings (SSSR count). The molecule has 0 unspecified atom stereocenters. The van der Waals surface area contributed by atoms with Crippen molar-refractivity contribution < 1.29 is 13.2 Å². The monoisotopic (exact) mass is 297 g/mol. The molecule has 1 aromatic carbocycles. The van der Waals surface area contributed by atoms with Crippen LogP contribution in [0.4, 0.5) is 13.2 Å². The van der Waals surface area contributed by atoms with Crippen molar-refractivity contribution in [1.29, 1.82) is 0 Å². The summed E-state index contributed by atoms with van der Waals surface area (Å²) in [6.07, 6.45) is -4.35. The van der Waals surface area contributed by atoms with E-state index < -0.39 is 11.7 Å². The van der Waals surface area contributed by atoms with Gasteiger partial charge >= 0.3 is 6.18 Å². The largest absolute Gasteiger partial charge is 0.416 e. The highest BCUT2D eigenvalue weighted by atomic mass is 35.5. The topological polar surface area (TPSA) is 41.6 Å². The van der Waals surface area contributed by atoms with Gasteiger partial charge in [-0.2, -0.15) is 13.2 Å². The van der Waals surface area contributed by atoms with E-state index in [0.29, 0.717) is 27.7 Å². The average Bonchev–Trinajstić information content (AvgIpc) is 2.80. The second-order valence-electron chi connectivity index (χ2n) is 4.17. The van der Waals surface area contributed by atoms with E-state index in [0.717, 1.165) is 12.1 Å². The zero-order valence-corrected chi connectivity index (χ0v) is 10.6. The summed E-state index contributed by atoms with van der Waals surface area (Å²) >= 11 is 5.75. The highest BCUT2D eigenvalue weighted by Gasteiger charge is 2.30. The molecule has 0 bridgehead atoms. The number of fused-ring (bicyclic) bond motifs is 1. The molecule has 20 heavy (non-hydrogen) atoms. The Labute approximate surface area is 116 Å². The minimum Gasteiger partial charge on any atom is -0.337 e. The summed E-state index contributed by atoms with van der Waals surface area (Å²) in [6.45, 7) is 0. The molecule has 1 N–H and O–H groups in total. The molecule has 0 aliphatic carbocycles. The third-order valence-electron chi connectivity index (χ3n) is 2.80. The molecule has 0 saturated carbocycles. The number of nitrogens with zero attached hydrogens (tertiary/aromatic N) is 2. The van der Waals surface area contributed by atoms with E-state index in [-0.39, 0.29) is 0 Å². The first kappa shape index (κ1) is 12.9. The van der Waals surface area contributed by atoms with Crippen LogP contribution in [0.5, 0.6) is 0 Å². The molecule has 2 aromatic heterocycles. The second kappa shape index (κ2) is 4.49. The molecular formula is C13H7ClF3N3. The maximum atomic E-state index is 12.5. The number of nitrogens with one attached hydrogen (secondary N) is 1. The zero-order valence-electron chi connectivity index (χ0n) is 9.87. The van der Waals surface area contributed by atoms with Crippen LogP contribution in [0, 0.1) is 0 Å². The predicted molar refractivity (Wildman–Crippen MR) is 69.3 cm³/mol. The summed E-state index contributed by atoms with van der Waals surface area (Å²) in [7, 11) is 0. The smallest absolute Gasteiger partial charge is 0.337 e. The van der Waals surface area contributed by atoms with Gasteiger partial charge in [-0.3, -0.25) is 0 Å². The Morgan fingerprint density at radius 1 is 0.950 bits per heavy atom. The minimum atomic E-state index is -4.35. The fourth-order valence-electron chi connectivity index (χ4n) is 1.82. The number of hydrogen-bond donors (Lipinski definition) is 1. The first-order valence-corrected chi connectivity index (χ1v) is 6.01. The number of rotatable bonds is 1. The second-order valence-corrected chi connectivity index (χ2v) is 4.55. The zero-order chi connectivity index (χ0) is 14.3. The third kappa shape index (κ3) is 2.34. The molecule has 7 heteroatoms. The Morgan fingerprint density at radius 2 is 1.65 bits per heavy atom. The summed E-state index contributed by atoms with van der Waals surface area (Å²) in [6, 6.07) is 8.08. The van der Waals surface area contributed by atoms with Crippen molar-refractivity contribution in [1.82, 2.24) is 15.0 Å². The molecular weight excluding hydrogens is 291 g/mol. The minimum absolute atomic E-state index is 0.308. The molecule has 3 aromatic rings. The van der Waals surface area contributed by atoms with Crippen LogP contribution in [0.15, 0.2) is 36.4 Å². The number of hydrogen-bond acceptors (Lipinski definition) is 2. The van der Waals surface area contributed by atoms with Gasteiger partial charge in [0.25, 0.3) is 0 Å². The van der Waals surface area contributed by atoms with E-state index in [1.54, 1.807) is 12.1 Å². The summed E-state index contributed by atoms with van der Waals surface area (Å²) in [5.41, 5.74) is 0.947. The summed E-state index contributed by atoms with van der Waals surface area (Å²) < 4.78 is 37.5. The van der Waals surface area contributed by atoms with Crippen LogP contribution in [-0.4, -0.2) is 15.0 Å². The van der Waals surface area contributed by atoms with E-state index in [4.69, 9.17) is 11.6 Å². The van der Waals surface area contributed by atoms with Crippen molar-refractivity contribution in [2.75, 3.05) is 0 Å². The molecule has 0 amide bonds. The number of imidazole rings is 1. The Hall–Kier alpha value is -2.08. The SMILES string of the molecule is FC(F)(F)c1ccc(-c2nc3nc(Cl)ccc3[nH]2)cc1. The number of pyridine rings is 1. The lowest BCUT2D eigenvalue weighted by Gasteiger charge is -2.06. The fourth-order valence-corrected chi connectivity index (χ4v) is 1.97. The molecule has 0 aliphatic rings. The van der Waals surface area contributed by atoms with E-state index in [1.165, 1.54) is 12.1 Å². The van der Waals surface area contributed by atoms with Crippen molar-refractivity contribution in [3.8, 4) is 11.4 Å². The van der Waals surface area contributed by atoms with Crippen LogP contribution in [0.2, 0.25) is 5.15 Å². The van der Waals surface area contributed by atoms with Gasteiger partial charge in [-0.1, -0.05) is 23.7 Å². The molecule has 0 radical (unpaired) electrons. The lowest BCUT2D eigenvalue weighted by molar-refractivity contribution is -0.137. The van der Waals surface area contributed by atoms with E-state index in [9.17, 15) is 13.2 Å². The maximum Gasteiger partial charge on any atom is 0.416 e. The molecule has 0 atom stereocenters. The van der Waals surface area contributed by atoms with Crippen LogP contribution < -0.4 is 0 Å². The number of H-pyrrole nitrogens is 1. The van der Waals surface area contributed by atoms with Gasteiger partial charge in [0.15, 0.2) is 5.65 Å². The first-order chi connectivity index (χ1) is 9.43. The van der Waals surface area contributed by atoms with E-state index >= 15 is 0 Å². The van der Waals surface area contributed by atoms with Crippen LogP contribution in [0.25, 0.3) is 22.6 Å². The summed E-state index contributed by atoms with van der Waals surface area (Å²) in [5.74, 6) is 0.448. The van der Waals surface area contributed by atoms with Crippen LogP contribution in [-0.2, 0) is 6.18 Å². The lowest BCUT2D eigenvalue weighted by Crippen LogP contribution is -2.04. The van der Waals surface area contributed by atoms with Gasteiger partial charge < -0.3 is 4.98 Å². The molecule has 0 spiro atoms. The van der Waals surface area contributed by atoms with Crippen LogP contribution in [0.3, 0.4) is 0 Å². The van der Waals surface area contributed by atoms with Crippen molar-refractivity contribution in [2.24, 2.45) is 0 Å². The Balaban J connectivity index is 2.02. The molecule has 2 heterocycles. The summed E-state index contributed by atoms with van der Waals surface area (Å²) in [5, 5.41) is 0.308. The molecule has 0 aliphatic heterocycles. The van der Waals surface area contributed by atoms with Gasteiger partial charge in [-0.05, 0) is 24.3 Å². The van der Waals surface area contributed by atoms with E-state index in [2.05, 4.69) is 15.0 Å². The number of benzene rings is 1. The van der Waals surface area contributed by atoms with Gasteiger partial charge in [0.2, 0.25) is 0 Å². The molecule has 3 nitrogen and oxygen atoms in total. The average molecular weight is 298 g/mol. The van der Waals surface area contributed by atoms with Crippen molar-refractivity contribution in [2.45, 2.75) is 6.18 Å². The highest BCUT2D eigenvalue weighted by Crippen LogP contribution is 2.30. The van der Waals surface area contributed by atoms with Crippen molar-refractivity contribution in [3.05, 3.63) is 47.1 Å². The molecule has 102 valence electrons. The van der Waals surface area contributed by atoms with Gasteiger partial charge in [-0.25, -0.2) is 9.97 Å². The quantitative estimate of drug-likeness (QED) is 0.681. The van der Waals surface area contributed by atoms with Gasteiger partial charge in [0.1, 0.15) is 11.0 Å². The van der Waals surface area contributed by atoms with Gasteiger partial charge in [0.05, 0.1) is 11.1 Å². The molecule has 0 fully saturated rings. The van der Waals surface area contributed by atoms with Crippen molar-refractivity contribution >= 4 is 22.8 Å². The normalized spacial score (nSPS) is 12.0. The van der Waals surface area contributed by atoms with E-state index in [1.807, 2.05) is 0 Å². The number of alkyl halides is 3. The maximum absolute atomic E-state index is 12.5. The lowest BCUT2D eigenvalue weighted by atomic mass is 10.1. The highest BCUT2D eigenvalue weighted by molar-refractivity contribution is 6.29.